The summed E-state index contributed by atoms with van der Waals surface area (Å²) in [4.78, 5) is 27.7. The highest BCUT2D eigenvalue weighted by atomic mass is 35.5. The summed E-state index contributed by atoms with van der Waals surface area (Å²) in [6.07, 6.45) is 0.981. The molecule has 0 heterocycles. The van der Waals surface area contributed by atoms with Gasteiger partial charge in [-0.25, -0.2) is 8.42 Å². The first-order valence-corrected chi connectivity index (χ1v) is 12.9. The Kier molecular flexibility index (Phi) is 8.79. The fraction of sp³-hybridized carbons (Fsp3) is 0.391. The topological polar surface area (TPSA) is 86.8 Å². The molecular weight excluding hydrogens is 485 g/mol. The van der Waals surface area contributed by atoms with Crippen molar-refractivity contribution in [2.24, 2.45) is 0 Å². The van der Waals surface area contributed by atoms with Crippen molar-refractivity contribution in [1.82, 2.24) is 10.2 Å². The average molecular weight is 514 g/mol. The monoisotopic (exact) mass is 513 g/mol. The van der Waals surface area contributed by atoms with Crippen LogP contribution in [0.15, 0.2) is 48.5 Å². The molecule has 2 aromatic rings. The molecule has 0 bridgehead atoms. The molecule has 180 valence electrons. The van der Waals surface area contributed by atoms with Gasteiger partial charge in [0.1, 0.15) is 12.6 Å². The number of hydrogen-bond donors (Lipinski definition) is 1. The standard InChI is InChI=1S/C23H29Cl2N3O4S/c1-16(22(30)26-23(2,3)4)27(14-17-9-7-6-8-10-17)21(29)15-28(33(5,31)32)20-13-18(24)11-12-19(20)25/h6-13,16H,14-15H2,1-5H3,(H,26,30)/t16-/m1/s1. The largest absolute Gasteiger partial charge is 0.350 e. The molecule has 10 heteroatoms. The number of nitrogens with zero attached hydrogens (tertiary/aromatic N) is 2. The summed E-state index contributed by atoms with van der Waals surface area (Å²) in [6, 6.07) is 12.7. The van der Waals surface area contributed by atoms with Crippen LogP contribution in [0.4, 0.5) is 5.69 Å². The second-order valence-corrected chi connectivity index (χ2v) is 11.5. The average Bonchev–Trinajstić information content (AvgIpc) is 2.70. The Bertz CT molecular complexity index is 1100. The number of halogens is 2. The van der Waals surface area contributed by atoms with Gasteiger partial charge in [-0.2, -0.15) is 0 Å². The van der Waals surface area contributed by atoms with Gasteiger partial charge in [0.15, 0.2) is 0 Å². The summed E-state index contributed by atoms with van der Waals surface area (Å²) in [5.41, 5.74) is 0.388. The Hall–Kier alpha value is -2.29. The van der Waals surface area contributed by atoms with Crippen molar-refractivity contribution in [2.45, 2.75) is 45.8 Å². The molecule has 0 unspecified atom stereocenters. The first-order valence-electron chi connectivity index (χ1n) is 10.3. The van der Waals surface area contributed by atoms with Gasteiger partial charge in [0.2, 0.25) is 21.8 Å². The van der Waals surface area contributed by atoms with E-state index in [4.69, 9.17) is 23.2 Å². The van der Waals surface area contributed by atoms with Crippen molar-refractivity contribution in [1.29, 1.82) is 0 Å². The molecule has 0 saturated heterocycles. The van der Waals surface area contributed by atoms with E-state index < -0.39 is 34.1 Å². The Morgan fingerprint density at radius 1 is 1.06 bits per heavy atom. The summed E-state index contributed by atoms with van der Waals surface area (Å²) in [6.45, 7) is 6.71. The van der Waals surface area contributed by atoms with Gasteiger partial charge in [0, 0.05) is 17.1 Å². The second-order valence-electron chi connectivity index (χ2n) is 8.79. The molecule has 2 aromatic carbocycles. The van der Waals surface area contributed by atoms with Crippen LogP contribution in [0.5, 0.6) is 0 Å². The zero-order valence-corrected chi connectivity index (χ0v) is 21.6. The lowest BCUT2D eigenvalue weighted by Gasteiger charge is -2.33. The maximum atomic E-state index is 13.4. The van der Waals surface area contributed by atoms with E-state index in [1.54, 1.807) is 6.92 Å². The third kappa shape index (κ3) is 7.91. The maximum Gasteiger partial charge on any atom is 0.244 e. The van der Waals surface area contributed by atoms with Crippen LogP contribution in [0.2, 0.25) is 10.0 Å². The molecule has 0 aliphatic heterocycles. The van der Waals surface area contributed by atoms with Crippen molar-refractivity contribution < 1.29 is 18.0 Å². The Labute approximate surface area is 205 Å². The van der Waals surface area contributed by atoms with Crippen LogP contribution in [0, 0.1) is 0 Å². The predicted molar refractivity (Wildman–Crippen MR) is 133 cm³/mol. The van der Waals surface area contributed by atoms with Crippen molar-refractivity contribution in [3.8, 4) is 0 Å². The molecule has 2 amide bonds. The van der Waals surface area contributed by atoms with Gasteiger partial charge >= 0.3 is 0 Å². The Morgan fingerprint density at radius 3 is 2.21 bits per heavy atom. The molecule has 0 aliphatic carbocycles. The molecule has 1 atom stereocenters. The Morgan fingerprint density at radius 2 is 1.67 bits per heavy atom. The van der Waals surface area contributed by atoms with Crippen LogP contribution in [-0.4, -0.2) is 49.5 Å². The number of anilines is 1. The van der Waals surface area contributed by atoms with Crippen LogP contribution in [0.3, 0.4) is 0 Å². The highest BCUT2D eigenvalue weighted by Gasteiger charge is 2.32. The molecule has 0 aliphatic rings. The SMILES string of the molecule is C[C@H](C(=O)NC(C)(C)C)N(Cc1ccccc1)C(=O)CN(c1cc(Cl)ccc1Cl)S(C)(=O)=O. The highest BCUT2D eigenvalue weighted by molar-refractivity contribution is 7.92. The molecule has 0 fully saturated rings. The van der Waals surface area contributed by atoms with Crippen LogP contribution in [0.1, 0.15) is 33.3 Å². The van der Waals surface area contributed by atoms with Crippen LogP contribution >= 0.6 is 23.2 Å². The number of carbonyl (C=O) groups is 2. The van der Waals surface area contributed by atoms with Crippen LogP contribution in [-0.2, 0) is 26.2 Å². The van der Waals surface area contributed by atoms with Gasteiger partial charge in [0.25, 0.3) is 0 Å². The second kappa shape index (κ2) is 10.8. The lowest BCUT2D eigenvalue weighted by molar-refractivity contribution is -0.140. The highest BCUT2D eigenvalue weighted by Crippen LogP contribution is 2.31. The minimum Gasteiger partial charge on any atom is -0.350 e. The third-order valence-corrected chi connectivity index (χ3v) is 6.40. The summed E-state index contributed by atoms with van der Waals surface area (Å²) < 4.78 is 26.1. The number of sulfonamides is 1. The summed E-state index contributed by atoms with van der Waals surface area (Å²) in [7, 11) is -3.89. The Balaban J connectivity index is 2.42. The zero-order chi connectivity index (χ0) is 25.0. The number of nitrogens with one attached hydrogen (secondary N) is 1. The summed E-state index contributed by atoms with van der Waals surface area (Å²) in [5, 5.41) is 3.27. The summed E-state index contributed by atoms with van der Waals surface area (Å²) in [5.74, 6) is -0.907. The van der Waals surface area contributed by atoms with Gasteiger partial charge in [-0.15, -0.1) is 0 Å². The van der Waals surface area contributed by atoms with Gasteiger partial charge in [-0.3, -0.25) is 13.9 Å². The minimum absolute atomic E-state index is 0.0893. The number of amides is 2. The molecular formula is C23H29Cl2N3O4S. The van der Waals surface area contributed by atoms with E-state index in [1.165, 1.54) is 23.1 Å². The van der Waals surface area contributed by atoms with Crippen molar-refractivity contribution in [3.05, 3.63) is 64.1 Å². The minimum atomic E-state index is -3.89. The molecule has 1 N–H and O–H groups in total. The van der Waals surface area contributed by atoms with E-state index in [1.807, 2.05) is 51.1 Å². The lowest BCUT2D eigenvalue weighted by atomic mass is 10.1. The van der Waals surface area contributed by atoms with Crippen molar-refractivity contribution in [2.75, 3.05) is 17.1 Å². The number of rotatable bonds is 8. The van der Waals surface area contributed by atoms with E-state index in [9.17, 15) is 18.0 Å². The van der Waals surface area contributed by atoms with E-state index in [0.717, 1.165) is 16.1 Å². The normalized spacial score (nSPS) is 12.7. The molecule has 0 spiro atoms. The van der Waals surface area contributed by atoms with E-state index in [0.29, 0.717) is 0 Å². The van der Waals surface area contributed by atoms with Crippen LogP contribution < -0.4 is 9.62 Å². The summed E-state index contributed by atoms with van der Waals surface area (Å²) >= 11 is 12.3. The number of carbonyl (C=O) groups excluding carboxylic acids is 2. The molecule has 33 heavy (non-hydrogen) atoms. The van der Waals surface area contributed by atoms with Crippen molar-refractivity contribution in [3.63, 3.8) is 0 Å². The number of hydrogen-bond acceptors (Lipinski definition) is 4. The molecule has 7 nitrogen and oxygen atoms in total. The van der Waals surface area contributed by atoms with Gasteiger partial charge in [-0.05, 0) is 51.5 Å². The maximum absolute atomic E-state index is 13.4. The quantitative estimate of drug-likeness (QED) is 0.575. The first kappa shape index (κ1) is 27.0. The molecule has 0 aromatic heterocycles. The molecule has 2 rings (SSSR count). The predicted octanol–water partition coefficient (Wildman–Crippen LogP) is 4.09. The fourth-order valence-corrected chi connectivity index (χ4v) is 4.40. The van der Waals surface area contributed by atoms with Crippen molar-refractivity contribution >= 4 is 50.7 Å². The zero-order valence-electron chi connectivity index (χ0n) is 19.3. The van der Waals surface area contributed by atoms with Gasteiger partial charge in [0.05, 0.1) is 17.0 Å². The third-order valence-electron chi connectivity index (χ3n) is 4.72. The first-order chi connectivity index (χ1) is 15.2. The van der Waals surface area contributed by atoms with Gasteiger partial charge < -0.3 is 10.2 Å². The lowest BCUT2D eigenvalue weighted by Crippen LogP contribution is -2.54. The van der Waals surface area contributed by atoms with Crippen LogP contribution in [0.25, 0.3) is 0 Å². The van der Waals surface area contributed by atoms with Gasteiger partial charge in [-0.1, -0.05) is 53.5 Å². The smallest absolute Gasteiger partial charge is 0.244 e. The molecule has 0 saturated carbocycles. The molecule has 0 radical (unpaired) electrons. The number of benzene rings is 2. The fourth-order valence-electron chi connectivity index (χ4n) is 3.11. The van der Waals surface area contributed by atoms with E-state index in [-0.39, 0.29) is 28.2 Å². The van der Waals surface area contributed by atoms with E-state index in [2.05, 4.69) is 5.32 Å². The van der Waals surface area contributed by atoms with E-state index >= 15 is 0 Å².